The maximum atomic E-state index is 12.9. The molecule has 2 aromatic rings. The van der Waals surface area contributed by atoms with E-state index >= 15 is 0 Å². The zero-order valence-electron chi connectivity index (χ0n) is 16.6. The van der Waals surface area contributed by atoms with Crippen molar-refractivity contribution in [3.8, 4) is 0 Å². The van der Waals surface area contributed by atoms with Gasteiger partial charge in [-0.15, -0.1) is 0 Å². The maximum absolute atomic E-state index is 12.9. The van der Waals surface area contributed by atoms with Crippen LogP contribution in [-0.2, 0) is 12.0 Å². The van der Waals surface area contributed by atoms with Gasteiger partial charge in [-0.1, -0.05) is 25.9 Å². The first-order chi connectivity index (χ1) is 12.6. The van der Waals surface area contributed by atoms with Gasteiger partial charge in [0.15, 0.2) is 0 Å². The molecule has 0 atom stereocenters. The summed E-state index contributed by atoms with van der Waals surface area (Å²) in [5.74, 6) is 1.13. The van der Waals surface area contributed by atoms with Crippen molar-refractivity contribution in [3.63, 3.8) is 0 Å². The highest BCUT2D eigenvalue weighted by Crippen LogP contribution is 2.18. The van der Waals surface area contributed by atoms with Crippen molar-refractivity contribution in [1.82, 2.24) is 24.9 Å². The van der Waals surface area contributed by atoms with Gasteiger partial charge in [0.1, 0.15) is 17.1 Å². The number of aromatic amines is 1. The Kier molecular flexibility index (Phi) is 5.19. The minimum atomic E-state index is -0.363. The van der Waals surface area contributed by atoms with Crippen LogP contribution in [-0.4, -0.2) is 57.0 Å². The molecular weight excluding hydrogens is 346 g/mol. The normalized spacial score (nSPS) is 16.0. The Labute approximate surface area is 158 Å². The molecule has 27 heavy (non-hydrogen) atoms. The van der Waals surface area contributed by atoms with Crippen LogP contribution in [0, 0.1) is 13.8 Å². The molecular formula is C19H27N5O3. The van der Waals surface area contributed by atoms with Gasteiger partial charge >= 0.3 is 0 Å². The summed E-state index contributed by atoms with van der Waals surface area (Å²) in [6.07, 6.45) is 0. The van der Waals surface area contributed by atoms with Gasteiger partial charge in [-0.25, -0.2) is 4.98 Å². The highest BCUT2D eigenvalue weighted by molar-refractivity contribution is 5.94. The van der Waals surface area contributed by atoms with E-state index in [0.29, 0.717) is 31.2 Å². The number of aryl methyl sites for hydroxylation is 2. The standard InChI is InChI=1S/C19H27N5O3/c1-12-10-14(22-27-12)11-23-6-8-24(9-7-23)17(26)15-13(2)20-18(19(3,4)5)21-16(15)25/h10H,6-9,11H2,1-5H3,(H,20,21,25). The summed E-state index contributed by atoms with van der Waals surface area (Å²) in [5.41, 5.74) is 0.869. The molecule has 8 heteroatoms. The molecule has 0 radical (unpaired) electrons. The molecule has 0 spiro atoms. The minimum absolute atomic E-state index is 0.142. The third kappa shape index (κ3) is 4.27. The van der Waals surface area contributed by atoms with Crippen LogP contribution in [0.3, 0.4) is 0 Å². The minimum Gasteiger partial charge on any atom is -0.361 e. The molecule has 0 aromatic carbocycles. The first kappa shape index (κ1) is 19.3. The average molecular weight is 373 g/mol. The Balaban J connectivity index is 1.68. The number of amides is 1. The van der Waals surface area contributed by atoms with E-state index < -0.39 is 0 Å². The van der Waals surface area contributed by atoms with E-state index in [1.807, 2.05) is 33.8 Å². The molecule has 0 aliphatic carbocycles. The average Bonchev–Trinajstić information content (AvgIpc) is 2.99. The molecule has 0 unspecified atom stereocenters. The van der Waals surface area contributed by atoms with Gasteiger partial charge in [0.05, 0.1) is 11.4 Å². The Morgan fingerprint density at radius 1 is 1.22 bits per heavy atom. The number of nitrogens with one attached hydrogen (secondary N) is 1. The highest BCUT2D eigenvalue weighted by atomic mass is 16.5. The lowest BCUT2D eigenvalue weighted by Gasteiger charge is -2.34. The van der Waals surface area contributed by atoms with Crippen LogP contribution in [0.15, 0.2) is 15.4 Å². The molecule has 3 heterocycles. The maximum Gasteiger partial charge on any atom is 0.264 e. The Hall–Kier alpha value is -2.48. The number of H-pyrrole nitrogens is 1. The number of hydrogen-bond acceptors (Lipinski definition) is 6. The highest BCUT2D eigenvalue weighted by Gasteiger charge is 2.28. The van der Waals surface area contributed by atoms with E-state index in [9.17, 15) is 9.59 Å². The quantitative estimate of drug-likeness (QED) is 0.879. The van der Waals surface area contributed by atoms with Crippen molar-refractivity contribution < 1.29 is 9.32 Å². The van der Waals surface area contributed by atoms with E-state index in [-0.39, 0.29) is 22.4 Å². The summed E-state index contributed by atoms with van der Waals surface area (Å²) in [6.45, 7) is 12.8. The zero-order valence-corrected chi connectivity index (χ0v) is 16.6. The lowest BCUT2D eigenvalue weighted by Crippen LogP contribution is -2.49. The molecule has 1 saturated heterocycles. The fraction of sp³-hybridized carbons (Fsp3) is 0.579. The second-order valence-electron chi connectivity index (χ2n) is 8.12. The Bertz CT molecular complexity index is 885. The van der Waals surface area contributed by atoms with Crippen LogP contribution < -0.4 is 5.56 Å². The second-order valence-corrected chi connectivity index (χ2v) is 8.12. The Morgan fingerprint density at radius 3 is 2.41 bits per heavy atom. The number of carbonyl (C=O) groups excluding carboxylic acids is 1. The lowest BCUT2D eigenvalue weighted by molar-refractivity contribution is 0.0622. The summed E-state index contributed by atoms with van der Waals surface area (Å²) < 4.78 is 5.10. The first-order valence-electron chi connectivity index (χ1n) is 9.20. The van der Waals surface area contributed by atoms with Crippen molar-refractivity contribution in [2.24, 2.45) is 0 Å². The van der Waals surface area contributed by atoms with Gasteiger partial charge in [0.25, 0.3) is 11.5 Å². The molecule has 146 valence electrons. The molecule has 3 rings (SSSR count). The van der Waals surface area contributed by atoms with Gasteiger partial charge in [-0.05, 0) is 13.8 Å². The number of piperazine rings is 1. The third-order valence-electron chi connectivity index (χ3n) is 4.75. The molecule has 8 nitrogen and oxygen atoms in total. The van der Waals surface area contributed by atoms with E-state index in [1.165, 1.54) is 0 Å². The Morgan fingerprint density at radius 2 is 1.89 bits per heavy atom. The van der Waals surface area contributed by atoms with Gasteiger partial charge < -0.3 is 14.4 Å². The van der Waals surface area contributed by atoms with Gasteiger partial charge in [0, 0.05) is 44.2 Å². The van der Waals surface area contributed by atoms with Crippen LogP contribution in [0.2, 0.25) is 0 Å². The molecule has 1 fully saturated rings. The summed E-state index contributed by atoms with van der Waals surface area (Å²) in [7, 11) is 0. The molecule has 0 bridgehead atoms. The lowest BCUT2D eigenvalue weighted by atomic mass is 9.95. The smallest absolute Gasteiger partial charge is 0.264 e. The van der Waals surface area contributed by atoms with Crippen molar-refractivity contribution in [2.75, 3.05) is 26.2 Å². The summed E-state index contributed by atoms with van der Waals surface area (Å²) >= 11 is 0. The predicted octanol–water partition coefficient (Wildman–Crippen LogP) is 1.63. The molecule has 2 aromatic heterocycles. The first-order valence-corrected chi connectivity index (χ1v) is 9.20. The van der Waals surface area contributed by atoms with Crippen molar-refractivity contribution >= 4 is 5.91 Å². The number of rotatable bonds is 3. The molecule has 0 saturated carbocycles. The number of nitrogens with zero attached hydrogens (tertiary/aromatic N) is 4. The number of hydrogen-bond donors (Lipinski definition) is 1. The van der Waals surface area contributed by atoms with E-state index in [1.54, 1.807) is 11.8 Å². The van der Waals surface area contributed by atoms with Gasteiger partial charge in [0.2, 0.25) is 0 Å². The van der Waals surface area contributed by atoms with Crippen LogP contribution in [0.4, 0.5) is 0 Å². The topological polar surface area (TPSA) is 95.3 Å². The summed E-state index contributed by atoms with van der Waals surface area (Å²) in [6, 6.07) is 1.92. The molecule has 1 N–H and O–H groups in total. The third-order valence-corrected chi connectivity index (χ3v) is 4.75. The second kappa shape index (κ2) is 7.26. The molecule has 1 aliphatic heterocycles. The summed E-state index contributed by atoms with van der Waals surface area (Å²) in [4.78, 5) is 36.6. The monoisotopic (exact) mass is 373 g/mol. The fourth-order valence-corrected chi connectivity index (χ4v) is 3.18. The van der Waals surface area contributed by atoms with Crippen LogP contribution in [0.25, 0.3) is 0 Å². The summed E-state index contributed by atoms with van der Waals surface area (Å²) in [5, 5.41) is 4.01. The van der Waals surface area contributed by atoms with Crippen molar-refractivity contribution in [2.45, 2.75) is 46.6 Å². The van der Waals surface area contributed by atoms with Crippen LogP contribution >= 0.6 is 0 Å². The zero-order chi connectivity index (χ0) is 19.8. The van der Waals surface area contributed by atoms with E-state index in [0.717, 1.165) is 24.5 Å². The number of carbonyl (C=O) groups is 1. The molecule has 1 amide bonds. The molecule has 1 aliphatic rings. The SMILES string of the molecule is Cc1cc(CN2CCN(C(=O)c3c(C)nc(C(C)(C)C)[nH]c3=O)CC2)no1. The van der Waals surface area contributed by atoms with Gasteiger partial charge in [-0.3, -0.25) is 14.5 Å². The van der Waals surface area contributed by atoms with E-state index in [4.69, 9.17) is 4.52 Å². The van der Waals surface area contributed by atoms with Crippen LogP contribution in [0.5, 0.6) is 0 Å². The largest absolute Gasteiger partial charge is 0.361 e. The predicted molar refractivity (Wildman–Crippen MR) is 101 cm³/mol. The van der Waals surface area contributed by atoms with Crippen molar-refractivity contribution in [1.29, 1.82) is 0 Å². The van der Waals surface area contributed by atoms with Crippen LogP contribution in [0.1, 0.15) is 54.1 Å². The fourth-order valence-electron chi connectivity index (χ4n) is 3.18. The van der Waals surface area contributed by atoms with Gasteiger partial charge in [-0.2, -0.15) is 0 Å². The van der Waals surface area contributed by atoms with Crippen molar-refractivity contribution in [3.05, 3.63) is 45.0 Å². The number of aromatic nitrogens is 3. The van der Waals surface area contributed by atoms with E-state index in [2.05, 4.69) is 20.0 Å².